The third-order valence-corrected chi connectivity index (χ3v) is 2.95. The Balaban J connectivity index is 1.92. The molecule has 2 heteroatoms. The van der Waals surface area contributed by atoms with Crippen LogP contribution in [0, 0.1) is 11.3 Å². The van der Waals surface area contributed by atoms with Crippen LogP contribution < -0.4 is 4.74 Å². The van der Waals surface area contributed by atoms with Crippen LogP contribution in [0.25, 0.3) is 0 Å². The highest BCUT2D eigenvalue weighted by atomic mass is 16.5. The molecule has 0 fully saturated rings. The summed E-state index contributed by atoms with van der Waals surface area (Å²) in [6.45, 7) is 2.70. The van der Waals surface area contributed by atoms with E-state index in [2.05, 4.69) is 25.1 Å². The third-order valence-electron chi connectivity index (χ3n) is 2.95. The minimum atomic E-state index is 0.527. The molecule has 0 saturated heterocycles. The highest BCUT2D eigenvalue weighted by Gasteiger charge is 1.97. The predicted octanol–water partition coefficient (Wildman–Crippen LogP) is 4.09. The van der Waals surface area contributed by atoms with Crippen LogP contribution in [0.5, 0.6) is 5.75 Å². The Kier molecular flexibility index (Phi) is 4.58. The number of hydrogen-bond donors (Lipinski definition) is 0. The standard InChI is InChI=1S/C17H17NO/c1-2-3-14-8-10-17(11-9-14)19-13-16-6-4-15(12-18)5-7-16/h4-11H,2-3,13H2,1H3. The molecule has 0 amide bonds. The zero-order chi connectivity index (χ0) is 13.5. The van der Waals surface area contributed by atoms with Gasteiger partial charge in [0.05, 0.1) is 11.6 Å². The summed E-state index contributed by atoms with van der Waals surface area (Å²) in [4.78, 5) is 0. The highest BCUT2D eigenvalue weighted by molar-refractivity contribution is 5.32. The molecule has 0 aliphatic carbocycles. The fourth-order valence-electron chi connectivity index (χ4n) is 1.88. The highest BCUT2D eigenvalue weighted by Crippen LogP contribution is 2.15. The third kappa shape index (κ3) is 3.86. The number of nitriles is 1. The Morgan fingerprint density at radius 3 is 2.16 bits per heavy atom. The summed E-state index contributed by atoms with van der Waals surface area (Å²) in [7, 11) is 0. The molecule has 2 rings (SSSR count). The predicted molar refractivity (Wildman–Crippen MR) is 75.9 cm³/mol. The molecule has 0 spiro atoms. The number of rotatable bonds is 5. The Bertz CT molecular complexity index is 549. The number of ether oxygens (including phenoxy) is 1. The number of benzene rings is 2. The second-order valence-electron chi connectivity index (χ2n) is 4.49. The number of hydrogen-bond acceptors (Lipinski definition) is 2. The van der Waals surface area contributed by atoms with E-state index in [0.29, 0.717) is 12.2 Å². The molecule has 0 saturated carbocycles. The monoisotopic (exact) mass is 251 g/mol. The molecule has 2 nitrogen and oxygen atoms in total. The molecule has 2 aromatic rings. The van der Waals surface area contributed by atoms with Gasteiger partial charge in [-0.15, -0.1) is 0 Å². The Hall–Kier alpha value is -2.27. The quantitative estimate of drug-likeness (QED) is 0.801. The van der Waals surface area contributed by atoms with Gasteiger partial charge in [-0.1, -0.05) is 37.6 Å². The van der Waals surface area contributed by atoms with E-state index >= 15 is 0 Å². The second kappa shape index (κ2) is 6.61. The van der Waals surface area contributed by atoms with Gasteiger partial charge in [0.15, 0.2) is 0 Å². The first-order valence-electron chi connectivity index (χ1n) is 6.52. The van der Waals surface area contributed by atoms with Crippen molar-refractivity contribution in [3.63, 3.8) is 0 Å². The van der Waals surface area contributed by atoms with Gasteiger partial charge in [0.2, 0.25) is 0 Å². The van der Waals surface area contributed by atoms with E-state index in [9.17, 15) is 0 Å². The first kappa shape index (κ1) is 13.2. The lowest BCUT2D eigenvalue weighted by Gasteiger charge is -2.07. The van der Waals surface area contributed by atoms with Crippen molar-refractivity contribution in [2.24, 2.45) is 0 Å². The molecule has 0 radical (unpaired) electrons. The van der Waals surface area contributed by atoms with Gasteiger partial charge in [-0.3, -0.25) is 0 Å². The van der Waals surface area contributed by atoms with Crippen LogP contribution in [0.1, 0.15) is 30.0 Å². The van der Waals surface area contributed by atoms with Gasteiger partial charge >= 0.3 is 0 Å². The fourth-order valence-corrected chi connectivity index (χ4v) is 1.88. The van der Waals surface area contributed by atoms with E-state index < -0.39 is 0 Å². The molecule has 2 aromatic carbocycles. The van der Waals surface area contributed by atoms with Crippen LogP contribution in [-0.4, -0.2) is 0 Å². The summed E-state index contributed by atoms with van der Waals surface area (Å²) in [5, 5.41) is 8.72. The van der Waals surface area contributed by atoms with Crippen molar-refractivity contribution in [3.8, 4) is 11.8 Å². The van der Waals surface area contributed by atoms with E-state index in [0.717, 1.165) is 24.2 Å². The van der Waals surface area contributed by atoms with Crippen molar-refractivity contribution in [2.45, 2.75) is 26.4 Å². The van der Waals surface area contributed by atoms with Crippen LogP contribution in [0.2, 0.25) is 0 Å². The second-order valence-corrected chi connectivity index (χ2v) is 4.49. The van der Waals surface area contributed by atoms with Crippen LogP contribution in [0.4, 0.5) is 0 Å². The lowest BCUT2D eigenvalue weighted by atomic mass is 10.1. The Labute approximate surface area is 114 Å². The summed E-state index contributed by atoms with van der Waals surface area (Å²) in [5.74, 6) is 0.879. The normalized spacial score (nSPS) is 9.89. The number of aryl methyl sites for hydroxylation is 1. The fraction of sp³-hybridized carbons (Fsp3) is 0.235. The molecule has 0 unspecified atom stereocenters. The Morgan fingerprint density at radius 1 is 0.947 bits per heavy atom. The molecule has 19 heavy (non-hydrogen) atoms. The van der Waals surface area contributed by atoms with Crippen LogP contribution in [-0.2, 0) is 13.0 Å². The van der Waals surface area contributed by atoms with Crippen LogP contribution in [0.3, 0.4) is 0 Å². The topological polar surface area (TPSA) is 33.0 Å². The maximum atomic E-state index is 8.72. The van der Waals surface area contributed by atoms with Crippen molar-refractivity contribution in [1.82, 2.24) is 0 Å². The SMILES string of the molecule is CCCc1ccc(OCc2ccc(C#N)cc2)cc1. The summed E-state index contributed by atoms with van der Waals surface area (Å²) in [6.07, 6.45) is 2.27. The molecule has 0 bridgehead atoms. The largest absolute Gasteiger partial charge is 0.489 e. The van der Waals surface area contributed by atoms with Crippen molar-refractivity contribution >= 4 is 0 Å². The van der Waals surface area contributed by atoms with Gasteiger partial charge in [0.25, 0.3) is 0 Å². The molecule has 0 aromatic heterocycles. The smallest absolute Gasteiger partial charge is 0.119 e. The van der Waals surface area contributed by atoms with Gasteiger partial charge in [-0.25, -0.2) is 0 Å². The van der Waals surface area contributed by atoms with E-state index in [1.165, 1.54) is 5.56 Å². The summed E-state index contributed by atoms with van der Waals surface area (Å²) >= 11 is 0. The maximum absolute atomic E-state index is 8.72. The lowest BCUT2D eigenvalue weighted by molar-refractivity contribution is 0.306. The van der Waals surface area contributed by atoms with Gasteiger partial charge < -0.3 is 4.74 Å². The molecule has 0 aliphatic rings. The molecule has 0 N–H and O–H groups in total. The molecule has 96 valence electrons. The molecule has 0 aliphatic heterocycles. The van der Waals surface area contributed by atoms with E-state index in [-0.39, 0.29) is 0 Å². The minimum Gasteiger partial charge on any atom is -0.489 e. The summed E-state index contributed by atoms with van der Waals surface area (Å²) < 4.78 is 5.72. The van der Waals surface area contributed by atoms with Gasteiger partial charge in [0.1, 0.15) is 12.4 Å². The van der Waals surface area contributed by atoms with Gasteiger partial charge in [0, 0.05) is 0 Å². The Morgan fingerprint density at radius 2 is 1.58 bits per heavy atom. The molecule has 0 atom stereocenters. The molecular formula is C17H17NO. The van der Waals surface area contributed by atoms with Gasteiger partial charge in [-0.2, -0.15) is 5.26 Å². The maximum Gasteiger partial charge on any atom is 0.119 e. The summed E-state index contributed by atoms with van der Waals surface area (Å²) in [6, 6.07) is 17.8. The van der Waals surface area contributed by atoms with Crippen LogP contribution in [0.15, 0.2) is 48.5 Å². The van der Waals surface area contributed by atoms with Crippen molar-refractivity contribution < 1.29 is 4.74 Å². The van der Waals surface area contributed by atoms with E-state index in [1.54, 1.807) is 0 Å². The number of nitrogens with zero attached hydrogens (tertiary/aromatic N) is 1. The van der Waals surface area contributed by atoms with Gasteiger partial charge in [-0.05, 0) is 41.8 Å². The van der Waals surface area contributed by atoms with Crippen molar-refractivity contribution in [1.29, 1.82) is 5.26 Å². The zero-order valence-electron chi connectivity index (χ0n) is 11.1. The van der Waals surface area contributed by atoms with Crippen molar-refractivity contribution in [2.75, 3.05) is 0 Å². The molecule has 0 heterocycles. The van der Waals surface area contributed by atoms with Crippen LogP contribution >= 0.6 is 0 Å². The van der Waals surface area contributed by atoms with E-state index in [1.807, 2.05) is 36.4 Å². The lowest BCUT2D eigenvalue weighted by Crippen LogP contribution is -1.95. The molecular weight excluding hydrogens is 234 g/mol. The van der Waals surface area contributed by atoms with Crippen molar-refractivity contribution in [3.05, 3.63) is 65.2 Å². The minimum absolute atomic E-state index is 0.527. The first-order valence-corrected chi connectivity index (χ1v) is 6.52. The first-order chi connectivity index (χ1) is 9.31. The zero-order valence-corrected chi connectivity index (χ0v) is 11.1. The summed E-state index contributed by atoms with van der Waals surface area (Å²) in [5.41, 5.74) is 3.08. The average Bonchev–Trinajstić information content (AvgIpc) is 2.47. The van der Waals surface area contributed by atoms with E-state index in [4.69, 9.17) is 10.00 Å². The average molecular weight is 251 g/mol.